The number of benzene rings is 1. The number of hydrogen-bond acceptors (Lipinski definition) is 4. The number of hydrogen-bond donors (Lipinski definition) is 1. The molecule has 0 spiro atoms. The molecule has 24 heavy (non-hydrogen) atoms. The lowest BCUT2D eigenvalue weighted by molar-refractivity contribution is -0.134. The molecule has 0 bridgehead atoms. The Labute approximate surface area is 150 Å². The van der Waals surface area contributed by atoms with Gasteiger partial charge in [-0.25, -0.2) is 0 Å². The Balaban J connectivity index is 0.00000288. The number of carbonyl (C=O) groups is 1. The van der Waals surface area contributed by atoms with Crippen molar-refractivity contribution in [3.05, 3.63) is 24.3 Å². The molecule has 1 heterocycles. The lowest BCUT2D eigenvalue weighted by atomic mass is 10.0. The van der Waals surface area contributed by atoms with Crippen molar-refractivity contribution < 1.29 is 14.3 Å². The standard InChI is InChI=1S/C18H28N2O3.ClH/c1-2-22-16-9-3-4-10-17(16)23-13-7-11-18(21)20-12-6-5-8-15(20)14-19;/h3-4,9-10,15H,2,5-8,11-14,19H2,1H3;1H. The van der Waals surface area contributed by atoms with Crippen LogP contribution in [0, 0.1) is 0 Å². The first-order chi connectivity index (χ1) is 11.3. The van der Waals surface area contributed by atoms with E-state index in [2.05, 4.69) is 0 Å². The molecule has 0 aliphatic carbocycles. The van der Waals surface area contributed by atoms with Gasteiger partial charge in [0.05, 0.1) is 13.2 Å². The summed E-state index contributed by atoms with van der Waals surface area (Å²) in [7, 11) is 0. The van der Waals surface area contributed by atoms with Gasteiger partial charge in [0.25, 0.3) is 0 Å². The molecule has 136 valence electrons. The van der Waals surface area contributed by atoms with Crippen molar-refractivity contribution in [2.75, 3.05) is 26.3 Å². The van der Waals surface area contributed by atoms with Crippen LogP contribution < -0.4 is 15.2 Å². The number of piperidine rings is 1. The zero-order valence-corrected chi connectivity index (χ0v) is 15.2. The number of halogens is 1. The molecule has 0 aromatic heterocycles. The van der Waals surface area contributed by atoms with Crippen LogP contribution in [0.1, 0.15) is 39.0 Å². The van der Waals surface area contributed by atoms with E-state index in [0.29, 0.717) is 32.6 Å². The van der Waals surface area contributed by atoms with Crippen molar-refractivity contribution in [2.45, 2.75) is 45.1 Å². The van der Waals surface area contributed by atoms with Gasteiger partial charge in [0.1, 0.15) is 0 Å². The SMILES string of the molecule is CCOc1ccccc1OCCCC(=O)N1CCCCC1CN.Cl. The molecule has 1 unspecified atom stereocenters. The summed E-state index contributed by atoms with van der Waals surface area (Å²) in [4.78, 5) is 14.3. The molecule has 1 aromatic rings. The van der Waals surface area contributed by atoms with E-state index < -0.39 is 0 Å². The van der Waals surface area contributed by atoms with Gasteiger partial charge in [-0.15, -0.1) is 12.4 Å². The van der Waals surface area contributed by atoms with Gasteiger partial charge in [-0.3, -0.25) is 4.79 Å². The molecule has 1 saturated heterocycles. The zero-order chi connectivity index (χ0) is 16.5. The molecule has 0 radical (unpaired) electrons. The normalized spacial score (nSPS) is 17.1. The number of nitrogens with zero attached hydrogens (tertiary/aromatic N) is 1. The quantitative estimate of drug-likeness (QED) is 0.727. The second-order valence-corrected chi connectivity index (χ2v) is 5.80. The highest BCUT2D eigenvalue weighted by Crippen LogP contribution is 2.26. The van der Waals surface area contributed by atoms with E-state index in [1.54, 1.807) is 0 Å². The number of rotatable bonds is 8. The lowest BCUT2D eigenvalue weighted by Gasteiger charge is -2.35. The molecule has 2 N–H and O–H groups in total. The maximum absolute atomic E-state index is 12.3. The number of nitrogens with two attached hydrogens (primary N) is 1. The van der Waals surface area contributed by atoms with Crippen molar-refractivity contribution in [3.8, 4) is 11.5 Å². The molecule has 2 rings (SSSR count). The molecular formula is C18H29ClN2O3. The third-order valence-corrected chi connectivity index (χ3v) is 4.16. The first-order valence-corrected chi connectivity index (χ1v) is 8.60. The molecular weight excluding hydrogens is 328 g/mol. The fourth-order valence-electron chi connectivity index (χ4n) is 2.97. The first-order valence-electron chi connectivity index (χ1n) is 8.60. The molecule has 1 aromatic carbocycles. The Morgan fingerprint density at radius 3 is 2.62 bits per heavy atom. The lowest BCUT2D eigenvalue weighted by Crippen LogP contribution is -2.47. The average molecular weight is 357 g/mol. The summed E-state index contributed by atoms with van der Waals surface area (Å²) in [6, 6.07) is 7.84. The van der Waals surface area contributed by atoms with Crippen LogP contribution in [0.5, 0.6) is 11.5 Å². The average Bonchev–Trinajstić information content (AvgIpc) is 2.60. The first kappa shape index (κ1) is 20.6. The van der Waals surface area contributed by atoms with Gasteiger partial charge in [0.2, 0.25) is 5.91 Å². The second kappa shape index (κ2) is 11.2. The predicted octanol–water partition coefficient (Wildman–Crippen LogP) is 3.01. The van der Waals surface area contributed by atoms with Gasteiger partial charge in [-0.05, 0) is 44.7 Å². The van der Waals surface area contributed by atoms with Gasteiger partial charge in [-0.1, -0.05) is 12.1 Å². The Hall–Kier alpha value is -1.46. The van der Waals surface area contributed by atoms with Crippen LogP contribution >= 0.6 is 12.4 Å². The highest BCUT2D eigenvalue weighted by Gasteiger charge is 2.24. The number of amides is 1. The Morgan fingerprint density at radius 1 is 1.25 bits per heavy atom. The molecule has 1 atom stereocenters. The van der Waals surface area contributed by atoms with Crippen LogP contribution in [-0.4, -0.2) is 43.2 Å². The van der Waals surface area contributed by atoms with Gasteiger partial charge in [0, 0.05) is 25.6 Å². The van der Waals surface area contributed by atoms with Gasteiger partial charge >= 0.3 is 0 Å². The molecule has 1 amide bonds. The van der Waals surface area contributed by atoms with Gasteiger partial charge < -0.3 is 20.1 Å². The van der Waals surface area contributed by atoms with Crippen LogP contribution in [0.2, 0.25) is 0 Å². The van der Waals surface area contributed by atoms with Crippen LogP contribution in [0.4, 0.5) is 0 Å². The van der Waals surface area contributed by atoms with Crippen LogP contribution in [0.25, 0.3) is 0 Å². The summed E-state index contributed by atoms with van der Waals surface area (Å²) >= 11 is 0. The van der Waals surface area contributed by atoms with Gasteiger partial charge in [-0.2, -0.15) is 0 Å². The molecule has 1 aliphatic heterocycles. The summed E-state index contributed by atoms with van der Waals surface area (Å²) in [5.74, 6) is 1.68. The maximum atomic E-state index is 12.3. The summed E-state index contributed by atoms with van der Waals surface area (Å²) in [6.45, 7) is 4.46. The fourth-order valence-corrected chi connectivity index (χ4v) is 2.97. The van der Waals surface area contributed by atoms with Gasteiger partial charge in [0.15, 0.2) is 11.5 Å². The van der Waals surface area contributed by atoms with Crippen molar-refractivity contribution in [1.29, 1.82) is 0 Å². The van der Waals surface area contributed by atoms with E-state index in [9.17, 15) is 4.79 Å². The largest absolute Gasteiger partial charge is 0.490 e. The van der Waals surface area contributed by atoms with Crippen LogP contribution in [0.15, 0.2) is 24.3 Å². The summed E-state index contributed by atoms with van der Waals surface area (Å²) in [5.41, 5.74) is 5.77. The third kappa shape index (κ3) is 5.87. The summed E-state index contributed by atoms with van der Waals surface area (Å²) in [6.07, 6.45) is 4.49. The minimum atomic E-state index is 0. The van der Waals surface area contributed by atoms with Crippen molar-refractivity contribution in [1.82, 2.24) is 4.90 Å². The van der Waals surface area contributed by atoms with Crippen LogP contribution in [0.3, 0.4) is 0 Å². The smallest absolute Gasteiger partial charge is 0.222 e. The fraction of sp³-hybridized carbons (Fsp3) is 0.611. The van der Waals surface area contributed by atoms with Crippen molar-refractivity contribution >= 4 is 18.3 Å². The van der Waals surface area contributed by atoms with Crippen molar-refractivity contribution in [2.24, 2.45) is 5.73 Å². The van der Waals surface area contributed by atoms with E-state index in [4.69, 9.17) is 15.2 Å². The monoisotopic (exact) mass is 356 g/mol. The number of para-hydroxylation sites is 2. The minimum Gasteiger partial charge on any atom is -0.490 e. The Bertz CT molecular complexity index is 499. The highest BCUT2D eigenvalue weighted by atomic mass is 35.5. The topological polar surface area (TPSA) is 64.8 Å². The summed E-state index contributed by atoms with van der Waals surface area (Å²) in [5, 5.41) is 0. The highest BCUT2D eigenvalue weighted by molar-refractivity contribution is 5.85. The predicted molar refractivity (Wildman–Crippen MR) is 98.0 cm³/mol. The van der Waals surface area contributed by atoms with Crippen LogP contribution in [-0.2, 0) is 4.79 Å². The van der Waals surface area contributed by atoms with E-state index in [1.807, 2.05) is 36.1 Å². The minimum absolute atomic E-state index is 0. The zero-order valence-electron chi connectivity index (χ0n) is 14.4. The molecule has 5 nitrogen and oxygen atoms in total. The second-order valence-electron chi connectivity index (χ2n) is 5.80. The van der Waals surface area contributed by atoms with E-state index in [1.165, 1.54) is 6.42 Å². The molecule has 0 saturated carbocycles. The number of ether oxygens (including phenoxy) is 2. The molecule has 1 aliphatic rings. The molecule has 6 heteroatoms. The Kier molecular flexibility index (Phi) is 9.57. The van der Waals surface area contributed by atoms with Crippen molar-refractivity contribution in [3.63, 3.8) is 0 Å². The van der Waals surface area contributed by atoms with E-state index >= 15 is 0 Å². The maximum Gasteiger partial charge on any atom is 0.222 e. The van der Waals surface area contributed by atoms with E-state index in [-0.39, 0.29) is 24.4 Å². The number of carbonyl (C=O) groups excluding carboxylic acids is 1. The molecule has 1 fully saturated rings. The van der Waals surface area contributed by atoms with E-state index in [0.717, 1.165) is 30.9 Å². The summed E-state index contributed by atoms with van der Waals surface area (Å²) < 4.78 is 11.3. The Morgan fingerprint density at radius 2 is 1.96 bits per heavy atom. The third-order valence-electron chi connectivity index (χ3n) is 4.16. The number of likely N-dealkylation sites (tertiary alicyclic amines) is 1.